The van der Waals surface area contributed by atoms with Gasteiger partial charge < -0.3 is 19.5 Å². The number of nitrogens with zero attached hydrogens (tertiary/aromatic N) is 1. The summed E-state index contributed by atoms with van der Waals surface area (Å²) in [6, 6.07) is 6.68. The van der Waals surface area contributed by atoms with Crippen LogP contribution in [0.4, 0.5) is 0 Å². The number of Topliss-reactive ketones (excluding diaryl/α,β-unsaturated/α-hetero) is 1. The number of hydrogen-bond acceptors (Lipinski definition) is 6. The van der Waals surface area contributed by atoms with Crippen molar-refractivity contribution in [3.8, 4) is 5.75 Å². The van der Waals surface area contributed by atoms with Gasteiger partial charge in [0.2, 0.25) is 0 Å². The number of rotatable bonds is 7. The molecule has 0 radical (unpaired) electrons. The Morgan fingerprint density at radius 3 is 2.59 bits per heavy atom. The maximum absolute atomic E-state index is 13.0. The van der Waals surface area contributed by atoms with Crippen LogP contribution in [0.25, 0.3) is 5.76 Å². The van der Waals surface area contributed by atoms with Crippen LogP contribution in [0.1, 0.15) is 34.0 Å². The fourth-order valence-electron chi connectivity index (χ4n) is 3.58. The molecular weight excluding hydrogens is 390 g/mol. The van der Waals surface area contributed by atoms with E-state index < -0.39 is 17.7 Å². The van der Waals surface area contributed by atoms with Crippen LogP contribution in [0.3, 0.4) is 0 Å². The van der Waals surface area contributed by atoms with Crippen molar-refractivity contribution < 1.29 is 24.2 Å². The van der Waals surface area contributed by atoms with Gasteiger partial charge in [-0.05, 0) is 49.4 Å². The van der Waals surface area contributed by atoms with Crippen molar-refractivity contribution in [2.24, 2.45) is 0 Å². The first-order chi connectivity index (χ1) is 13.9. The van der Waals surface area contributed by atoms with Crippen molar-refractivity contribution in [3.05, 3.63) is 56.8 Å². The van der Waals surface area contributed by atoms with E-state index in [0.29, 0.717) is 30.9 Å². The minimum Gasteiger partial charge on any atom is -0.507 e. The summed E-state index contributed by atoms with van der Waals surface area (Å²) in [6.45, 7) is 4.67. The SMILES string of the molecule is COCCCN1C(=O)C(=O)/C(=C(/O)c2cc(C)ccc2OC)C1c1sccc1C. The number of hydrogen-bond donors (Lipinski definition) is 1. The number of carbonyl (C=O) groups excluding carboxylic acids is 2. The fraction of sp³-hybridized carbons (Fsp3) is 0.364. The van der Waals surface area contributed by atoms with E-state index >= 15 is 0 Å². The minimum absolute atomic E-state index is 0.0990. The molecule has 6 nitrogen and oxygen atoms in total. The van der Waals surface area contributed by atoms with E-state index in [1.807, 2.05) is 31.4 Å². The highest BCUT2D eigenvalue weighted by molar-refractivity contribution is 7.10. The topological polar surface area (TPSA) is 76.1 Å². The van der Waals surface area contributed by atoms with Gasteiger partial charge in [0.15, 0.2) is 0 Å². The lowest BCUT2D eigenvalue weighted by atomic mass is 9.97. The molecule has 0 aliphatic carbocycles. The molecule has 0 spiro atoms. The number of aliphatic hydroxyl groups excluding tert-OH is 1. The number of aryl methyl sites for hydroxylation is 2. The number of ketones is 1. The van der Waals surface area contributed by atoms with Gasteiger partial charge in [0, 0.05) is 25.1 Å². The fourth-order valence-corrected chi connectivity index (χ4v) is 4.63. The van der Waals surface area contributed by atoms with Crippen molar-refractivity contribution in [2.75, 3.05) is 27.4 Å². The molecule has 29 heavy (non-hydrogen) atoms. The number of ether oxygens (including phenoxy) is 2. The number of amides is 1. The average Bonchev–Trinajstić information content (AvgIpc) is 3.23. The summed E-state index contributed by atoms with van der Waals surface area (Å²) < 4.78 is 10.5. The number of methoxy groups -OCH3 is 2. The highest BCUT2D eigenvalue weighted by Crippen LogP contribution is 2.43. The number of carbonyl (C=O) groups is 2. The Labute approximate surface area is 174 Å². The molecule has 1 aromatic heterocycles. The molecule has 1 unspecified atom stereocenters. The molecule has 7 heteroatoms. The zero-order chi connectivity index (χ0) is 21.1. The normalized spacial score (nSPS) is 18.5. The van der Waals surface area contributed by atoms with Crippen LogP contribution >= 0.6 is 11.3 Å². The third kappa shape index (κ3) is 3.93. The van der Waals surface area contributed by atoms with Gasteiger partial charge in [-0.1, -0.05) is 11.6 Å². The van der Waals surface area contributed by atoms with Crippen LogP contribution in [-0.4, -0.2) is 49.1 Å². The molecule has 1 N–H and O–H groups in total. The van der Waals surface area contributed by atoms with Crippen molar-refractivity contribution >= 4 is 28.8 Å². The van der Waals surface area contributed by atoms with Crippen molar-refractivity contribution in [1.29, 1.82) is 0 Å². The molecule has 154 valence electrons. The van der Waals surface area contributed by atoms with E-state index in [2.05, 4.69) is 0 Å². The van der Waals surface area contributed by atoms with Gasteiger partial charge in [-0.25, -0.2) is 0 Å². The quantitative estimate of drug-likeness (QED) is 0.322. The Morgan fingerprint density at radius 2 is 1.97 bits per heavy atom. The molecule has 1 aliphatic rings. The van der Waals surface area contributed by atoms with Gasteiger partial charge in [0.25, 0.3) is 11.7 Å². The maximum Gasteiger partial charge on any atom is 0.295 e. The van der Waals surface area contributed by atoms with Crippen LogP contribution < -0.4 is 4.74 Å². The Morgan fingerprint density at radius 1 is 1.21 bits per heavy atom. The van der Waals surface area contributed by atoms with Crippen LogP contribution in [0.5, 0.6) is 5.75 Å². The minimum atomic E-state index is -0.679. The van der Waals surface area contributed by atoms with Gasteiger partial charge in [-0.2, -0.15) is 0 Å². The molecule has 1 amide bonds. The summed E-state index contributed by atoms with van der Waals surface area (Å²) >= 11 is 1.47. The summed E-state index contributed by atoms with van der Waals surface area (Å²) in [5, 5.41) is 13.1. The van der Waals surface area contributed by atoms with Crippen LogP contribution in [0.2, 0.25) is 0 Å². The third-order valence-corrected chi connectivity index (χ3v) is 6.12. The van der Waals surface area contributed by atoms with Crippen LogP contribution in [0.15, 0.2) is 35.2 Å². The summed E-state index contributed by atoms with van der Waals surface area (Å²) in [6.07, 6.45) is 0.595. The predicted octanol–water partition coefficient (Wildman–Crippen LogP) is 3.83. The van der Waals surface area contributed by atoms with Crippen molar-refractivity contribution in [3.63, 3.8) is 0 Å². The second-order valence-electron chi connectivity index (χ2n) is 7.01. The molecule has 1 aliphatic heterocycles. The molecule has 1 fully saturated rings. The second kappa shape index (κ2) is 8.80. The first-order valence-electron chi connectivity index (χ1n) is 9.37. The van der Waals surface area contributed by atoms with Gasteiger partial charge in [0.05, 0.1) is 24.3 Å². The Balaban J connectivity index is 2.18. The largest absolute Gasteiger partial charge is 0.507 e. The Bertz CT molecular complexity index is 962. The first kappa shape index (κ1) is 21.1. The number of likely N-dealkylation sites (tertiary alicyclic amines) is 1. The van der Waals surface area contributed by atoms with E-state index in [-0.39, 0.29) is 11.3 Å². The molecule has 1 atom stereocenters. The van der Waals surface area contributed by atoms with Crippen LogP contribution in [-0.2, 0) is 14.3 Å². The van der Waals surface area contributed by atoms with Gasteiger partial charge in [-0.3, -0.25) is 9.59 Å². The molecule has 0 bridgehead atoms. The van der Waals surface area contributed by atoms with Crippen molar-refractivity contribution in [2.45, 2.75) is 26.3 Å². The average molecular weight is 416 g/mol. The van der Waals surface area contributed by atoms with E-state index in [1.165, 1.54) is 23.3 Å². The predicted molar refractivity (Wildman–Crippen MR) is 112 cm³/mol. The summed E-state index contributed by atoms with van der Waals surface area (Å²) in [4.78, 5) is 28.2. The highest BCUT2D eigenvalue weighted by Gasteiger charge is 2.47. The lowest BCUT2D eigenvalue weighted by molar-refractivity contribution is -0.140. The monoisotopic (exact) mass is 415 g/mol. The highest BCUT2D eigenvalue weighted by atomic mass is 32.1. The number of thiophene rings is 1. The van der Waals surface area contributed by atoms with Crippen LogP contribution in [0, 0.1) is 13.8 Å². The summed E-state index contributed by atoms with van der Waals surface area (Å²) in [5.41, 5.74) is 2.38. The Hall–Kier alpha value is -2.64. The van der Waals surface area contributed by atoms with Gasteiger partial charge >= 0.3 is 0 Å². The molecule has 3 rings (SSSR count). The van der Waals surface area contributed by atoms with E-state index in [0.717, 1.165) is 16.0 Å². The molecule has 1 aromatic carbocycles. The van der Waals surface area contributed by atoms with E-state index in [4.69, 9.17) is 9.47 Å². The van der Waals surface area contributed by atoms with E-state index in [1.54, 1.807) is 19.2 Å². The lowest BCUT2D eigenvalue weighted by Crippen LogP contribution is -2.31. The third-order valence-electron chi connectivity index (χ3n) is 5.05. The summed E-state index contributed by atoms with van der Waals surface area (Å²) in [5.74, 6) is -1.05. The molecule has 2 aromatic rings. The van der Waals surface area contributed by atoms with Gasteiger partial charge in [-0.15, -0.1) is 11.3 Å². The lowest BCUT2D eigenvalue weighted by Gasteiger charge is -2.25. The molecular formula is C22H25NO5S. The number of benzene rings is 1. The van der Waals surface area contributed by atoms with E-state index in [9.17, 15) is 14.7 Å². The molecule has 2 heterocycles. The zero-order valence-corrected chi connectivity index (χ0v) is 17.8. The standard InChI is InChI=1S/C22H25NO5S/c1-13-6-7-16(28-4)15(12-13)19(24)17-18(21-14(2)8-11-29-21)23(9-5-10-27-3)22(26)20(17)25/h6-8,11-12,18,24H,5,9-10H2,1-4H3/b19-17+. The summed E-state index contributed by atoms with van der Waals surface area (Å²) in [7, 11) is 3.10. The van der Waals surface area contributed by atoms with Gasteiger partial charge in [0.1, 0.15) is 11.5 Å². The Kier molecular flexibility index (Phi) is 6.39. The second-order valence-corrected chi connectivity index (χ2v) is 7.96. The number of aliphatic hydroxyl groups is 1. The van der Waals surface area contributed by atoms with Crippen molar-refractivity contribution in [1.82, 2.24) is 4.90 Å². The zero-order valence-electron chi connectivity index (χ0n) is 17.0. The first-order valence-corrected chi connectivity index (χ1v) is 10.2. The molecule has 1 saturated heterocycles. The maximum atomic E-state index is 13.0. The molecule has 0 saturated carbocycles. The smallest absolute Gasteiger partial charge is 0.295 e.